The molecule has 0 bridgehead atoms. The van der Waals surface area contributed by atoms with E-state index in [4.69, 9.17) is 4.74 Å². The van der Waals surface area contributed by atoms with Gasteiger partial charge in [-0.05, 0) is 16.8 Å². The number of urea groups is 1. The van der Waals surface area contributed by atoms with Gasteiger partial charge in [0.1, 0.15) is 11.7 Å². The zero-order chi connectivity index (χ0) is 20.3. The summed E-state index contributed by atoms with van der Waals surface area (Å²) >= 11 is 0. The van der Waals surface area contributed by atoms with Gasteiger partial charge in [0.05, 0.1) is 5.56 Å². The van der Waals surface area contributed by atoms with Gasteiger partial charge < -0.3 is 4.74 Å². The first-order chi connectivity index (χ1) is 13.9. The van der Waals surface area contributed by atoms with E-state index in [-0.39, 0.29) is 11.4 Å². The Morgan fingerprint density at radius 1 is 0.759 bits per heavy atom. The van der Waals surface area contributed by atoms with E-state index in [1.165, 1.54) is 0 Å². The molecule has 1 saturated heterocycles. The average Bonchev–Trinajstić information content (AvgIpc) is 2.66. The quantitative estimate of drug-likeness (QED) is 0.441. The summed E-state index contributed by atoms with van der Waals surface area (Å²) < 4.78 is 5.75. The van der Waals surface area contributed by atoms with E-state index in [2.05, 4.69) is 20.6 Å². The SMILES string of the molecule is O=C1NC(=O)C([C@H]2c3c([nH]c(=O)[nH]c3=O)Oc3ccc4ccccc4c32)C(=O)N1. The molecule has 0 radical (unpaired) electrons. The van der Waals surface area contributed by atoms with Gasteiger partial charge in [-0.25, -0.2) is 9.59 Å². The Labute approximate surface area is 160 Å². The van der Waals surface area contributed by atoms with Crippen LogP contribution in [-0.2, 0) is 9.59 Å². The Kier molecular flexibility index (Phi) is 3.44. The second-order valence-corrected chi connectivity index (χ2v) is 6.71. The van der Waals surface area contributed by atoms with Crippen LogP contribution in [0.15, 0.2) is 46.0 Å². The first kappa shape index (κ1) is 16.9. The highest BCUT2D eigenvalue weighted by Crippen LogP contribution is 2.48. The molecule has 1 atom stereocenters. The predicted molar refractivity (Wildman–Crippen MR) is 98.7 cm³/mol. The zero-order valence-electron chi connectivity index (χ0n) is 14.6. The fourth-order valence-corrected chi connectivity index (χ4v) is 3.94. The number of fused-ring (bicyclic) bond motifs is 4. The molecule has 0 unspecified atom stereocenters. The fraction of sp³-hybridized carbons (Fsp3) is 0.105. The van der Waals surface area contributed by atoms with Crippen LogP contribution in [0.5, 0.6) is 11.6 Å². The van der Waals surface area contributed by atoms with E-state index in [1.54, 1.807) is 24.3 Å². The standard InChI is InChI=1S/C19H12N4O6/c24-14-12(15(25)21-18(27)20-14)11-10-8-4-2-1-3-7(8)5-6-9(10)29-17-13(11)16(26)22-19(28)23-17/h1-6,11-12H,(H2,22,23,26,28)(H2,20,21,24,25,27)/t11-/m0/s1. The van der Waals surface area contributed by atoms with Crippen molar-refractivity contribution < 1.29 is 19.1 Å². The molecule has 2 aliphatic heterocycles. The molecule has 0 saturated carbocycles. The van der Waals surface area contributed by atoms with Crippen molar-refractivity contribution in [3.8, 4) is 11.6 Å². The van der Waals surface area contributed by atoms with Crippen LogP contribution in [0.4, 0.5) is 4.79 Å². The molecular weight excluding hydrogens is 380 g/mol. The molecule has 2 aromatic carbocycles. The average molecular weight is 392 g/mol. The number of carbonyl (C=O) groups is 3. The second-order valence-electron chi connectivity index (χ2n) is 6.71. The van der Waals surface area contributed by atoms with E-state index in [0.717, 1.165) is 5.39 Å². The lowest BCUT2D eigenvalue weighted by atomic mass is 9.76. The molecule has 1 aromatic heterocycles. The first-order valence-electron chi connectivity index (χ1n) is 8.65. The van der Waals surface area contributed by atoms with E-state index >= 15 is 0 Å². The van der Waals surface area contributed by atoms with Gasteiger partial charge in [0.25, 0.3) is 5.56 Å². The first-order valence-corrected chi connectivity index (χ1v) is 8.65. The van der Waals surface area contributed by atoms with Crippen LogP contribution < -0.4 is 26.6 Å². The number of rotatable bonds is 1. The summed E-state index contributed by atoms with van der Waals surface area (Å²) in [4.78, 5) is 65.7. The molecule has 4 N–H and O–H groups in total. The number of nitrogens with one attached hydrogen (secondary N) is 4. The Morgan fingerprint density at radius 3 is 2.24 bits per heavy atom. The number of imide groups is 2. The van der Waals surface area contributed by atoms with Gasteiger partial charge in [0.2, 0.25) is 17.7 Å². The highest BCUT2D eigenvalue weighted by Gasteiger charge is 2.47. The molecule has 5 rings (SSSR count). The largest absolute Gasteiger partial charge is 0.440 e. The van der Waals surface area contributed by atoms with E-state index < -0.39 is 40.9 Å². The van der Waals surface area contributed by atoms with Crippen molar-refractivity contribution in [1.82, 2.24) is 20.6 Å². The zero-order valence-corrected chi connectivity index (χ0v) is 14.6. The van der Waals surface area contributed by atoms with Crippen LogP contribution in [0.3, 0.4) is 0 Å². The number of carbonyl (C=O) groups excluding carboxylic acids is 3. The van der Waals surface area contributed by atoms with Crippen LogP contribution in [-0.4, -0.2) is 27.8 Å². The van der Waals surface area contributed by atoms with Crippen LogP contribution in [0.2, 0.25) is 0 Å². The molecule has 1 fully saturated rings. The number of amides is 4. The molecule has 10 heteroatoms. The Hall–Kier alpha value is -4.21. The van der Waals surface area contributed by atoms with E-state index in [0.29, 0.717) is 16.7 Å². The summed E-state index contributed by atoms with van der Waals surface area (Å²) in [6.45, 7) is 0. The van der Waals surface area contributed by atoms with Crippen LogP contribution in [0.1, 0.15) is 17.0 Å². The summed E-state index contributed by atoms with van der Waals surface area (Å²) in [6.07, 6.45) is 0. The maximum Gasteiger partial charge on any atom is 0.328 e. The number of aromatic nitrogens is 2. The number of H-pyrrole nitrogens is 2. The lowest BCUT2D eigenvalue weighted by Crippen LogP contribution is -2.58. The number of barbiturate groups is 1. The van der Waals surface area contributed by atoms with Gasteiger partial charge in [-0.1, -0.05) is 30.3 Å². The van der Waals surface area contributed by atoms with Crippen molar-refractivity contribution in [2.45, 2.75) is 5.92 Å². The summed E-state index contributed by atoms with van der Waals surface area (Å²) in [5, 5.41) is 5.60. The highest BCUT2D eigenvalue weighted by molar-refractivity contribution is 6.17. The smallest absolute Gasteiger partial charge is 0.328 e. The third-order valence-electron chi connectivity index (χ3n) is 5.08. The number of benzene rings is 2. The molecule has 3 aromatic rings. The third kappa shape index (κ3) is 2.46. The maximum atomic E-state index is 12.7. The summed E-state index contributed by atoms with van der Waals surface area (Å²) in [5.74, 6) is -4.06. The van der Waals surface area contributed by atoms with Crippen molar-refractivity contribution in [3.05, 3.63) is 68.4 Å². The number of aromatic amines is 2. The monoisotopic (exact) mass is 392 g/mol. The van der Waals surface area contributed by atoms with Crippen molar-refractivity contribution in [2.24, 2.45) is 5.92 Å². The number of hydrogen-bond acceptors (Lipinski definition) is 6. The molecule has 3 heterocycles. The van der Waals surface area contributed by atoms with Crippen molar-refractivity contribution in [1.29, 1.82) is 0 Å². The van der Waals surface area contributed by atoms with Crippen molar-refractivity contribution >= 4 is 28.6 Å². The lowest BCUT2D eigenvalue weighted by molar-refractivity contribution is -0.136. The van der Waals surface area contributed by atoms with Crippen molar-refractivity contribution in [2.75, 3.05) is 0 Å². The normalized spacial score (nSPS) is 18.5. The van der Waals surface area contributed by atoms with Crippen LogP contribution >= 0.6 is 0 Å². The fourth-order valence-electron chi connectivity index (χ4n) is 3.94. The van der Waals surface area contributed by atoms with Gasteiger partial charge in [-0.2, -0.15) is 0 Å². The molecule has 2 aliphatic rings. The van der Waals surface area contributed by atoms with E-state index in [1.807, 2.05) is 12.1 Å². The minimum atomic E-state index is -1.42. The summed E-state index contributed by atoms with van der Waals surface area (Å²) in [5.41, 5.74) is -1.20. The van der Waals surface area contributed by atoms with Gasteiger partial charge in [0.15, 0.2) is 0 Å². The molecule has 0 aliphatic carbocycles. The maximum absolute atomic E-state index is 12.7. The van der Waals surface area contributed by atoms with Gasteiger partial charge >= 0.3 is 11.7 Å². The van der Waals surface area contributed by atoms with Gasteiger partial charge in [-0.15, -0.1) is 0 Å². The molecule has 29 heavy (non-hydrogen) atoms. The number of hydrogen-bond donors (Lipinski definition) is 4. The topological polar surface area (TPSA) is 150 Å². The second kappa shape index (κ2) is 5.89. The minimum absolute atomic E-state index is 0.0712. The van der Waals surface area contributed by atoms with Crippen molar-refractivity contribution in [3.63, 3.8) is 0 Å². The van der Waals surface area contributed by atoms with E-state index in [9.17, 15) is 24.0 Å². The van der Waals surface area contributed by atoms with Crippen LogP contribution in [0.25, 0.3) is 10.8 Å². The molecule has 10 nitrogen and oxygen atoms in total. The third-order valence-corrected chi connectivity index (χ3v) is 5.08. The van der Waals surface area contributed by atoms with Gasteiger partial charge in [0, 0.05) is 11.5 Å². The summed E-state index contributed by atoms with van der Waals surface area (Å²) in [6, 6.07) is 9.70. The molecular formula is C19H12N4O6. The minimum Gasteiger partial charge on any atom is -0.440 e. The Morgan fingerprint density at radius 2 is 1.48 bits per heavy atom. The number of ether oxygens (including phenoxy) is 1. The summed E-state index contributed by atoms with van der Waals surface area (Å²) in [7, 11) is 0. The molecule has 4 amide bonds. The highest BCUT2D eigenvalue weighted by atomic mass is 16.5. The lowest BCUT2D eigenvalue weighted by Gasteiger charge is -2.33. The van der Waals surface area contributed by atoms with Crippen LogP contribution in [0, 0.1) is 5.92 Å². The molecule has 0 spiro atoms. The Balaban J connectivity index is 1.86. The molecule has 144 valence electrons. The van der Waals surface area contributed by atoms with Gasteiger partial charge in [-0.3, -0.25) is 35.0 Å². The Bertz CT molecular complexity index is 1330. The predicted octanol–water partition coefficient (Wildman–Crippen LogP) is 0.436.